The number of hydrogen-bond acceptors (Lipinski definition) is 3. The molecule has 0 radical (unpaired) electrons. The highest BCUT2D eigenvalue weighted by atomic mass is 19.1. The summed E-state index contributed by atoms with van der Waals surface area (Å²) in [5.41, 5.74) is 4.07. The van der Waals surface area contributed by atoms with Crippen LogP contribution in [0.4, 0.5) is 4.39 Å². The van der Waals surface area contributed by atoms with Crippen molar-refractivity contribution in [3.05, 3.63) is 52.6 Å². The molecule has 0 aliphatic heterocycles. The molecule has 0 fully saturated rings. The van der Waals surface area contributed by atoms with Gasteiger partial charge in [0.05, 0.1) is 18.8 Å². The van der Waals surface area contributed by atoms with E-state index in [0.717, 1.165) is 22.5 Å². The summed E-state index contributed by atoms with van der Waals surface area (Å²) < 4.78 is 14.9. The first-order valence-electron chi connectivity index (χ1n) is 6.70. The summed E-state index contributed by atoms with van der Waals surface area (Å²) in [5, 5.41) is 16.7. The van der Waals surface area contributed by atoms with Gasteiger partial charge >= 0.3 is 0 Å². The highest BCUT2D eigenvalue weighted by Gasteiger charge is 2.10. The Morgan fingerprint density at radius 1 is 1.30 bits per heavy atom. The van der Waals surface area contributed by atoms with Crippen LogP contribution in [0.3, 0.4) is 0 Å². The molecule has 1 aromatic heterocycles. The second kappa shape index (κ2) is 6.63. The number of hydrogen-bond donors (Lipinski definition) is 2. The number of aromatic nitrogens is 2. The van der Waals surface area contributed by atoms with Crippen LogP contribution in [0.15, 0.2) is 24.3 Å². The summed E-state index contributed by atoms with van der Waals surface area (Å²) in [4.78, 5) is 0. The van der Waals surface area contributed by atoms with Crippen LogP contribution in [0.2, 0.25) is 0 Å². The smallest absolute Gasteiger partial charge is 0.123 e. The zero-order valence-corrected chi connectivity index (χ0v) is 11.9. The molecule has 108 valence electrons. The van der Waals surface area contributed by atoms with Crippen molar-refractivity contribution in [1.29, 1.82) is 0 Å². The fourth-order valence-corrected chi connectivity index (χ4v) is 2.28. The summed E-state index contributed by atoms with van der Waals surface area (Å²) in [6.07, 6.45) is 0. The van der Waals surface area contributed by atoms with E-state index in [4.69, 9.17) is 5.11 Å². The minimum atomic E-state index is -0.215. The fraction of sp³-hybridized carbons (Fsp3) is 0.400. The standard InChI is InChI=1S/C15H20FN3O/c1-11-15(12(2)19(18-11)6-7-20)10-17-9-13-4-3-5-14(16)8-13/h3-5,8,17,20H,6-7,9-10H2,1-2H3. The molecule has 20 heavy (non-hydrogen) atoms. The third-order valence-electron chi connectivity index (χ3n) is 3.36. The van der Waals surface area contributed by atoms with Crippen LogP contribution >= 0.6 is 0 Å². The van der Waals surface area contributed by atoms with Gasteiger partial charge in [0.15, 0.2) is 0 Å². The normalized spacial score (nSPS) is 11.0. The zero-order chi connectivity index (χ0) is 14.5. The van der Waals surface area contributed by atoms with Crippen molar-refractivity contribution in [2.75, 3.05) is 6.61 Å². The lowest BCUT2D eigenvalue weighted by Gasteiger charge is -2.06. The number of halogens is 1. The number of aliphatic hydroxyl groups is 1. The molecule has 0 unspecified atom stereocenters. The first-order chi connectivity index (χ1) is 9.61. The van der Waals surface area contributed by atoms with Crippen molar-refractivity contribution in [3.8, 4) is 0 Å². The lowest BCUT2D eigenvalue weighted by Crippen LogP contribution is -2.14. The van der Waals surface area contributed by atoms with E-state index in [9.17, 15) is 4.39 Å². The third-order valence-corrected chi connectivity index (χ3v) is 3.36. The highest BCUT2D eigenvalue weighted by Crippen LogP contribution is 2.13. The van der Waals surface area contributed by atoms with Gasteiger partial charge in [-0.2, -0.15) is 5.10 Å². The van der Waals surface area contributed by atoms with Gasteiger partial charge in [-0.15, -0.1) is 0 Å². The van der Waals surface area contributed by atoms with E-state index in [1.807, 2.05) is 24.6 Å². The van der Waals surface area contributed by atoms with Gasteiger partial charge in [-0.1, -0.05) is 12.1 Å². The van der Waals surface area contributed by atoms with Crippen molar-refractivity contribution < 1.29 is 9.50 Å². The van der Waals surface area contributed by atoms with Gasteiger partial charge < -0.3 is 10.4 Å². The maximum atomic E-state index is 13.1. The van der Waals surface area contributed by atoms with E-state index in [1.54, 1.807) is 6.07 Å². The van der Waals surface area contributed by atoms with E-state index < -0.39 is 0 Å². The monoisotopic (exact) mass is 277 g/mol. The number of nitrogens with one attached hydrogen (secondary N) is 1. The summed E-state index contributed by atoms with van der Waals surface area (Å²) in [6, 6.07) is 6.58. The maximum absolute atomic E-state index is 13.1. The number of aryl methyl sites for hydroxylation is 1. The van der Waals surface area contributed by atoms with Crippen molar-refractivity contribution >= 4 is 0 Å². The Hall–Kier alpha value is -1.72. The lowest BCUT2D eigenvalue weighted by atomic mass is 10.2. The molecule has 0 spiro atoms. The Labute approximate surface area is 118 Å². The minimum Gasteiger partial charge on any atom is -0.394 e. The molecule has 1 aromatic carbocycles. The first-order valence-corrected chi connectivity index (χ1v) is 6.70. The van der Waals surface area contributed by atoms with E-state index >= 15 is 0 Å². The van der Waals surface area contributed by atoms with E-state index in [2.05, 4.69) is 10.4 Å². The molecule has 1 heterocycles. The van der Waals surface area contributed by atoms with Gasteiger partial charge in [-0.3, -0.25) is 4.68 Å². The number of rotatable bonds is 6. The molecule has 0 aliphatic rings. The van der Waals surface area contributed by atoms with Crippen LogP contribution in [0.25, 0.3) is 0 Å². The highest BCUT2D eigenvalue weighted by molar-refractivity contribution is 5.24. The zero-order valence-electron chi connectivity index (χ0n) is 11.9. The van der Waals surface area contributed by atoms with Gasteiger partial charge in [0.25, 0.3) is 0 Å². The molecule has 0 atom stereocenters. The summed E-state index contributed by atoms with van der Waals surface area (Å²) in [7, 11) is 0. The van der Waals surface area contributed by atoms with Gasteiger partial charge in [0.2, 0.25) is 0 Å². The fourth-order valence-electron chi connectivity index (χ4n) is 2.28. The van der Waals surface area contributed by atoms with Crippen LogP contribution in [0, 0.1) is 19.7 Å². The summed E-state index contributed by atoms with van der Waals surface area (Å²) in [6.45, 7) is 5.84. The molecule has 4 nitrogen and oxygen atoms in total. The molecule has 0 aliphatic carbocycles. The maximum Gasteiger partial charge on any atom is 0.123 e. The summed E-state index contributed by atoms with van der Waals surface area (Å²) >= 11 is 0. The second-order valence-corrected chi connectivity index (χ2v) is 4.83. The van der Waals surface area contributed by atoms with E-state index in [0.29, 0.717) is 19.6 Å². The van der Waals surface area contributed by atoms with Crippen LogP contribution in [0.5, 0.6) is 0 Å². The SMILES string of the molecule is Cc1nn(CCO)c(C)c1CNCc1cccc(F)c1. The Morgan fingerprint density at radius 2 is 2.10 bits per heavy atom. The Bertz CT molecular complexity index is 580. The molecule has 5 heteroatoms. The lowest BCUT2D eigenvalue weighted by molar-refractivity contribution is 0.267. The third kappa shape index (κ3) is 3.43. The molecular formula is C15H20FN3O. The van der Waals surface area contributed by atoms with Gasteiger partial charge in [0, 0.05) is 24.3 Å². The molecule has 0 amide bonds. The molecule has 0 bridgehead atoms. The Kier molecular flexibility index (Phi) is 4.87. The molecule has 2 aromatic rings. The Balaban J connectivity index is 1.97. The summed E-state index contributed by atoms with van der Waals surface area (Å²) in [5.74, 6) is -0.215. The van der Waals surface area contributed by atoms with Gasteiger partial charge in [-0.05, 0) is 31.5 Å². The molecular weight excluding hydrogens is 257 g/mol. The second-order valence-electron chi connectivity index (χ2n) is 4.83. The predicted octanol–water partition coefficient (Wildman–Crippen LogP) is 1.92. The molecule has 0 saturated heterocycles. The quantitative estimate of drug-likeness (QED) is 0.848. The van der Waals surface area contributed by atoms with Crippen molar-refractivity contribution in [3.63, 3.8) is 0 Å². The largest absolute Gasteiger partial charge is 0.394 e. The van der Waals surface area contributed by atoms with Crippen molar-refractivity contribution in [2.24, 2.45) is 0 Å². The predicted molar refractivity (Wildman–Crippen MR) is 75.7 cm³/mol. The van der Waals surface area contributed by atoms with Gasteiger partial charge in [0.1, 0.15) is 5.82 Å². The van der Waals surface area contributed by atoms with Gasteiger partial charge in [-0.25, -0.2) is 4.39 Å². The average molecular weight is 277 g/mol. The van der Waals surface area contributed by atoms with E-state index in [-0.39, 0.29) is 12.4 Å². The number of aliphatic hydroxyl groups excluding tert-OH is 1. The van der Waals surface area contributed by atoms with Crippen LogP contribution in [0.1, 0.15) is 22.5 Å². The van der Waals surface area contributed by atoms with Crippen LogP contribution < -0.4 is 5.32 Å². The first kappa shape index (κ1) is 14.7. The number of nitrogens with zero attached hydrogens (tertiary/aromatic N) is 2. The molecule has 2 rings (SSSR count). The van der Waals surface area contributed by atoms with Crippen LogP contribution in [-0.2, 0) is 19.6 Å². The van der Waals surface area contributed by atoms with Crippen molar-refractivity contribution in [1.82, 2.24) is 15.1 Å². The average Bonchev–Trinajstić information content (AvgIpc) is 2.67. The minimum absolute atomic E-state index is 0.0815. The number of benzene rings is 1. The van der Waals surface area contributed by atoms with Crippen molar-refractivity contribution in [2.45, 2.75) is 33.5 Å². The molecule has 2 N–H and O–H groups in total. The Morgan fingerprint density at radius 3 is 2.80 bits per heavy atom. The molecule has 0 saturated carbocycles. The van der Waals surface area contributed by atoms with Crippen LogP contribution in [-0.4, -0.2) is 21.5 Å². The van der Waals surface area contributed by atoms with E-state index in [1.165, 1.54) is 12.1 Å². The topological polar surface area (TPSA) is 50.1 Å².